The molecule has 1 atom stereocenters. The molecule has 2 aromatic carbocycles. The van der Waals surface area contributed by atoms with Crippen molar-refractivity contribution in [3.05, 3.63) is 69.6 Å². The standard InChI is InChI=1S/C27H29NO7/c1-16-12-23(30)34-25-18-10-11-27(2,3)35-20(18)14-21(24(16)25)33-15-22(29)28-19(26(31)32-4)13-17-8-6-5-7-9-17/h5-9,12,14,19H,10-11,13,15H2,1-4H3,(H,28,29). The third-order valence-corrected chi connectivity index (χ3v) is 6.06. The second kappa shape index (κ2) is 9.82. The Morgan fingerprint density at radius 3 is 2.63 bits per heavy atom. The summed E-state index contributed by atoms with van der Waals surface area (Å²) < 4.78 is 22.4. The molecule has 35 heavy (non-hydrogen) atoms. The molecule has 0 saturated heterocycles. The van der Waals surface area contributed by atoms with Crippen LogP contribution < -0.4 is 20.4 Å². The predicted molar refractivity (Wildman–Crippen MR) is 130 cm³/mol. The van der Waals surface area contributed by atoms with E-state index in [1.807, 2.05) is 44.2 Å². The molecular formula is C27H29NO7. The molecular weight excluding hydrogens is 450 g/mol. The second-order valence-corrected chi connectivity index (χ2v) is 9.29. The van der Waals surface area contributed by atoms with Gasteiger partial charge in [-0.2, -0.15) is 0 Å². The van der Waals surface area contributed by atoms with Gasteiger partial charge in [0.2, 0.25) is 0 Å². The van der Waals surface area contributed by atoms with E-state index < -0.39 is 23.5 Å². The Morgan fingerprint density at radius 1 is 1.17 bits per heavy atom. The van der Waals surface area contributed by atoms with Gasteiger partial charge >= 0.3 is 11.6 Å². The lowest BCUT2D eigenvalue weighted by Gasteiger charge is -2.33. The molecule has 4 rings (SSSR count). The number of aryl methyl sites for hydroxylation is 2. The van der Waals surface area contributed by atoms with Crippen LogP contribution in [0.4, 0.5) is 0 Å². The molecule has 1 aromatic heterocycles. The highest BCUT2D eigenvalue weighted by molar-refractivity contribution is 5.92. The first-order valence-corrected chi connectivity index (χ1v) is 11.5. The van der Waals surface area contributed by atoms with Gasteiger partial charge in [-0.05, 0) is 44.7 Å². The molecule has 0 fully saturated rings. The number of hydrogen-bond donors (Lipinski definition) is 1. The molecule has 1 aliphatic rings. The zero-order valence-corrected chi connectivity index (χ0v) is 20.3. The molecule has 1 amide bonds. The van der Waals surface area contributed by atoms with Crippen LogP contribution >= 0.6 is 0 Å². The number of carbonyl (C=O) groups is 2. The van der Waals surface area contributed by atoms with Gasteiger partial charge < -0.3 is 23.9 Å². The normalized spacial score (nSPS) is 15.0. The van der Waals surface area contributed by atoms with Crippen LogP contribution in [-0.2, 0) is 27.2 Å². The van der Waals surface area contributed by atoms with Crippen molar-refractivity contribution in [3.8, 4) is 11.5 Å². The topological polar surface area (TPSA) is 104 Å². The number of methoxy groups -OCH3 is 1. The largest absolute Gasteiger partial charge is 0.487 e. The maximum atomic E-state index is 12.8. The zero-order valence-electron chi connectivity index (χ0n) is 20.3. The number of amides is 1. The van der Waals surface area contributed by atoms with Gasteiger partial charge in [0.05, 0.1) is 12.5 Å². The van der Waals surface area contributed by atoms with Crippen LogP contribution in [0.1, 0.15) is 37.0 Å². The highest BCUT2D eigenvalue weighted by atomic mass is 16.5. The van der Waals surface area contributed by atoms with E-state index >= 15 is 0 Å². The number of nitrogens with one attached hydrogen (secondary N) is 1. The molecule has 1 N–H and O–H groups in total. The zero-order chi connectivity index (χ0) is 25.2. The van der Waals surface area contributed by atoms with Crippen LogP contribution in [0.3, 0.4) is 0 Å². The van der Waals surface area contributed by atoms with Gasteiger partial charge in [0.25, 0.3) is 5.91 Å². The Balaban J connectivity index is 1.58. The molecule has 8 nitrogen and oxygen atoms in total. The molecule has 2 heterocycles. The molecule has 8 heteroatoms. The van der Waals surface area contributed by atoms with Crippen molar-refractivity contribution in [1.82, 2.24) is 5.32 Å². The van der Waals surface area contributed by atoms with Crippen LogP contribution in [0.5, 0.6) is 11.5 Å². The number of rotatable bonds is 7. The summed E-state index contributed by atoms with van der Waals surface area (Å²) >= 11 is 0. The molecule has 0 spiro atoms. The number of ether oxygens (including phenoxy) is 3. The number of benzene rings is 2. The quantitative estimate of drug-likeness (QED) is 0.409. The maximum absolute atomic E-state index is 12.8. The molecule has 1 aliphatic heterocycles. The van der Waals surface area contributed by atoms with E-state index in [1.165, 1.54) is 13.2 Å². The second-order valence-electron chi connectivity index (χ2n) is 9.29. The molecule has 0 bridgehead atoms. The van der Waals surface area contributed by atoms with Crippen molar-refractivity contribution >= 4 is 22.8 Å². The Morgan fingerprint density at radius 2 is 1.91 bits per heavy atom. The van der Waals surface area contributed by atoms with Gasteiger partial charge in [0.1, 0.15) is 28.7 Å². The van der Waals surface area contributed by atoms with Crippen LogP contribution in [0.25, 0.3) is 11.0 Å². The summed E-state index contributed by atoms with van der Waals surface area (Å²) in [5, 5.41) is 3.31. The summed E-state index contributed by atoms with van der Waals surface area (Å²) in [6.45, 7) is 5.41. The lowest BCUT2D eigenvalue weighted by molar-refractivity contribution is -0.145. The van der Waals surface area contributed by atoms with Crippen molar-refractivity contribution in [3.63, 3.8) is 0 Å². The summed E-state index contributed by atoms with van der Waals surface area (Å²) in [7, 11) is 1.28. The highest BCUT2D eigenvalue weighted by Crippen LogP contribution is 2.42. The Labute approximate surface area is 203 Å². The van der Waals surface area contributed by atoms with E-state index in [9.17, 15) is 14.4 Å². The lowest BCUT2D eigenvalue weighted by Crippen LogP contribution is -2.44. The summed E-state index contributed by atoms with van der Waals surface area (Å²) in [6, 6.07) is 11.6. The van der Waals surface area contributed by atoms with E-state index in [4.69, 9.17) is 18.6 Å². The number of esters is 1. The molecule has 0 saturated carbocycles. The average Bonchev–Trinajstić information content (AvgIpc) is 2.81. The van der Waals surface area contributed by atoms with E-state index in [2.05, 4.69) is 5.32 Å². The minimum atomic E-state index is -0.859. The third kappa shape index (κ3) is 5.48. The van der Waals surface area contributed by atoms with E-state index in [-0.39, 0.29) is 18.6 Å². The fourth-order valence-electron chi connectivity index (χ4n) is 4.30. The summed E-state index contributed by atoms with van der Waals surface area (Å²) in [6.07, 6.45) is 1.74. The monoisotopic (exact) mass is 479 g/mol. The Hall–Kier alpha value is -3.81. The molecule has 0 aliphatic carbocycles. The fraction of sp³-hybridized carbons (Fsp3) is 0.370. The van der Waals surface area contributed by atoms with Gasteiger partial charge in [-0.1, -0.05) is 30.3 Å². The number of fused-ring (bicyclic) bond motifs is 3. The van der Waals surface area contributed by atoms with Gasteiger partial charge in [-0.3, -0.25) is 4.79 Å². The van der Waals surface area contributed by atoms with E-state index in [1.54, 1.807) is 13.0 Å². The fourth-order valence-corrected chi connectivity index (χ4v) is 4.30. The predicted octanol–water partition coefficient (Wildman–Crippen LogP) is 3.48. The van der Waals surface area contributed by atoms with E-state index in [0.717, 1.165) is 17.5 Å². The van der Waals surface area contributed by atoms with Gasteiger partial charge in [0.15, 0.2) is 6.61 Å². The first-order chi connectivity index (χ1) is 16.7. The van der Waals surface area contributed by atoms with Gasteiger partial charge in [-0.15, -0.1) is 0 Å². The van der Waals surface area contributed by atoms with Crippen LogP contribution in [-0.4, -0.2) is 37.2 Å². The first kappa shape index (κ1) is 24.3. The van der Waals surface area contributed by atoms with Crippen molar-refractivity contribution in [2.24, 2.45) is 0 Å². The van der Waals surface area contributed by atoms with Crippen LogP contribution in [0.2, 0.25) is 0 Å². The Kier molecular flexibility index (Phi) is 6.82. The van der Waals surface area contributed by atoms with Crippen molar-refractivity contribution in [2.45, 2.75) is 51.7 Å². The van der Waals surface area contributed by atoms with Crippen LogP contribution in [0, 0.1) is 6.92 Å². The lowest BCUT2D eigenvalue weighted by atomic mass is 9.92. The minimum absolute atomic E-state index is 0.286. The maximum Gasteiger partial charge on any atom is 0.336 e. The molecule has 3 aromatic rings. The summed E-state index contributed by atoms with van der Waals surface area (Å²) in [5.74, 6) is -0.104. The van der Waals surface area contributed by atoms with Gasteiger partial charge in [0, 0.05) is 24.1 Å². The molecule has 0 radical (unpaired) electrons. The highest BCUT2D eigenvalue weighted by Gasteiger charge is 2.31. The van der Waals surface area contributed by atoms with E-state index in [0.29, 0.717) is 34.5 Å². The van der Waals surface area contributed by atoms with Gasteiger partial charge in [-0.25, -0.2) is 9.59 Å². The number of carbonyl (C=O) groups excluding carboxylic acids is 2. The average molecular weight is 480 g/mol. The smallest absolute Gasteiger partial charge is 0.336 e. The Bertz CT molecular complexity index is 1310. The summed E-state index contributed by atoms with van der Waals surface area (Å²) in [5.41, 5.74) is 1.94. The first-order valence-electron chi connectivity index (χ1n) is 11.5. The minimum Gasteiger partial charge on any atom is -0.487 e. The van der Waals surface area contributed by atoms with Crippen molar-refractivity contribution in [1.29, 1.82) is 0 Å². The summed E-state index contributed by atoms with van der Waals surface area (Å²) in [4.78, 5) is 37.1. The van der Waals surface area contributed by atoms with Crippen molar-refractivity contribution in [2.75, 3.05) is 13.7 Å². The number of hydrogen-bond acceptors (Lipinski definition) is 7. The SMILES string of the molecule is COC(=O)C(Cc1ccccc1)NC(=O)COc1cc2c(c3oc(=O)cc(C)c13)CCC(C)(C)O2. The van der Waals surface area contributed by atoms with Crippen molar-refractivity contribution < 1.29 is 28.2 Å². The molecule has 184 valence electrons. The van der Waals surface area contributed by atoms with Crippen LogP contribution in [0.15, 0.2) is 51.7 Å². The third-order valence-electron chi connectivity index (χ3n) is 6.06. The molecule has 1 unspecified atom stereocenters.